The number of rotatable bonds is 5. The molecule has 18 heavy (non-hydrogen) atoms. The standard InChI is InChI=1S/C13H14N2O3/c1-9-3-2-4-10(5-9)7-14-8-11-6-12(13(16)17)15-18-11/h2-6,14H,7-8H2,1H3,(H,16,17). The number of carbonyl (C=O) groups is 1. The van der Waals surface area contributed by atoms with E-state index in [1.54, 1.807) is 0 Å². The number of nitrogens with one attached hydrogen (secondary N) is 1. The molecule has 0 saturated heterocycles. The van der Waals surface area contributed by atoms with Gasteiger partial charge in [0.2, 0.25) is 0 Å². The van der Waals surface area contributed by atoms with Gasteiger partial charge in [0.25, 0.3) is 0 Å². The zero-order valence-electron chi connectivity index (χ0n) is 10.0. The Morgan fingerprint density at radius 1 is 1.39 bits per heavy atom. The highest BCUT2D eigenvalue weighted by molar-refractivity contribution is 5.85. The van der Waals surface area contributed by atoms with Crippen molar-refractivity contribution in [3.8, 4) is 0 Å². The first kappa shape index (κ1) is 12.3. The van der Waals surface area contributed by atoms with Crippen LogP contribution in [0, 0.1) is 6.92 Å². The fourth-order valence-electron chi connectivity index (χ4n) is 1.65. The van der Waals surface area contributed by atoms with Crippen LogP contribution in [0.5, 0.6) is 0 Å². The number of hydrogen-bond acceptors (Lipinski definition) is 4. The summed E-state index contributed by atoms with van der Waals surface area (Å²) < 4.78 is 4.89. The predicted molar refractivity (Wildman–Crippen MR) is 65.2 cm³/mol. The summed E-state index contributed by atoms with van der Waals surface area (Å²) in [6.45, 7) is 3.19. The Labute approximate surface area is 104 Å². The lowest BCUT2D eigenvalue weighted by Gasteiger charge is -2.03. The van der Waals surface area contributed by atoms with E-state index in [1.807, 2.05) is 25.1 Å². The molecule has 2 aromatic rings. The number of carboxylic acids is 1. The van der Waals surface area contributed by atoms with Crippen LogP contribution in [-0.4, -0.2) is 16.2 Å². The van der Waals surface area contributed by atoms with E-state index in [0.717, 1.165) is 0 Å². The summed E-state index contributed by atoms with van der Waals surface area (Å²) in [5.41, 5.74) is 2.32. The molecule has 0 atom stereocenters. The molecular formula is C13H14N2O3. The Morgan fingerprint density at radius 3 is 2.89 bits per heavy atom. The Kier molecular flexibility index (Phi) is 3.74. The van der Waals surface area contributed by atoms with Crippen LogP contribution in [0.3, 0.4) is 0 Å². The fourth-order valence-corrected chi connectivity index (χ4v) is 1.65. The lowest BCUT2D eigenvalue weighted by molar-refractivity contribution is 0.0685. The first-order valence-corrected chi connectivity index (χ1v) is 5.60. The summed E-state index contributed by atoms with van der Waals surface area (Å²) in [5.74, 6) is -0.566. The van der Waals surface area contributed by atoms with E-state index in [9.17, 15) is 4.79 Å². The molecular weight excluding hydrogens is 232 g/mol. The molecule has 1 aromatic carbocycles. The number of aromatic nitrogens is 1. The summed E-state index contributed by atoms with van der Waals surface area (Å²) in [6, 6.07) is 9.59. The summed E-state index contributed by atoms with van der Waals surface area (Å²) in [6.07, 6.45) is 0. The molecule has 1 aromatic heterocycles. The smallest absolute Gasteiger partial charge is 0.358 e. The number of carboxylic acid groups (broad SMARTS) is 1. The highest BCUT2D eigenvalue weighted by atomic mass is 16.5. The van der Waals surface area contributed by atoms with Crippen LogP contribution in [0.4, 0.5) is 0 Å². The van der Waals surface area contributed by atoms with Crippen LogP contribution < -0.4 is 5.32 Å². The Balaban J connectivity index is 1.86. The largest absolute Gasteiger partial charge is 0.476 e. The van der Waals surface area contributed by atoms with Crippen molar-refractivity contribution in [2.45, 2.75) is 20.0 Å². The number of aromatic carboxylic acids is 1. The molecule has 0 fully saturated rings. The lowest BCUT2D eigenvalue weighted by Crippen LogP contribution is -2.12. The Bertz CT molecular complexity index is 549. The molecule has 0 aliphatic rings. The first-order chi connectivity index (χ1) is 8.65. The van der Waals surface area contributed by atoms with Gasteiger partial charge in [0.15, 0.2) is 11.5 Å². The van der Waals surface area contributed by atoms with Crippen molar-refractivity contribution in [1.29, 1.82) is 0 Å². The highest BCUT2D eigenvalue weighted by Crippen LogP contribution is 2.06. The van der Waals surface area contributed by atoms with Crippen LogP contribution in [0.15, 0.2) is 34.9 Å². The van der Waals surface area contributed by atoms with E-state index in [0.29, 0.717) is 18.8 Å². The van der Waals surface area contributed by atoms with E-state index in [4.69, 9.17) is 9.63 Å². The number of nitrogens with zero attached hydrogens (tertiary/aromatic N) is 1. The molecule has 1 heterocycles. The third kappa shape index (κ3) is 3.18. The summed E-state index contributed by atoms with van der Waals surface area (Å²) in [7, 11) is 0. The second-order valence-electron chi connectivity index (χ2n) is 4.08. The van der Waals surface area contributed by atoms with Crippen molar-refractivity contribution in [2.24, 2.45) is 0 Å². The normalized spacial score (nSPS) is 10.5. The third-order valence-electron chi connectivity index (χ3n) is 2.49. The van der Waals surface area contributed by atoms with Gasteiger partial charge in [-0.15, -0.1) is 0 Å². The number of hydrogen-bond donors (Lipinski definition) is 2. The van der Waals surface area contributed by atoms with Gasteiger partial charge in [0.05, 0.1) is 6.54 Å². The van der Waals surface area contributed by atoms with E-state index in [-0.39, 0.29) is 5.69 Å². The minimum Gasteiger partial charge on any atom is -0.476 e. The molecule has 0 aliphatic heterocycles. The monoisotopic (exact) mass is 246 g/mol. The summed E-state index contributed by atoms with van der Waals surface area (Å²) >= 11 is 0. The fraction of sp³-hybridized carbons (Fsp3) is 0.231. The maximum absolute atomic E-state index is 10.6. The molecule has 5 nitrogen and oxygen atoms in total. The van der Waals surface area contributed by atoms with Gasteiger partial charge in [-0.1, -0.05) is 35.0 Å². The molecule has 94 valence electrons. The summed E-state index contributed by atoms with van der Waals surface area (Å²) in [4.78, 5) is 10.6. The van der Waals surface area contributed by atoms with E-state index < -0.39 is 5.97 Å². The van der Waals surface area contributed by atoms with Crippen LogP contribution >= 0.6 is 0 Å². The van der Waals surface area contributed by atoms with Crippen molar-refractivity contribution < 1.29 is 14.4 Å². The molecule has 0 bridgehead atoms. The van der Waals surface area contributed by atoms with Gasteiger partial charge in [-0.25, -0.2) is 4.79 Å². The van der Waals surface area contributed by atoms with Crippen molar-refractivity contribution in [3.63, 3.8) is 0 Å². The second kappa shape index (κ2) is 5.46. The van der Waals surface area contributed by atoms with Crippen molar-refractivity contribution >= 4 is 5.97 Å². The maximum Gasteiger partial charge on any atom is 0.358 e. The Hall–Kier alpha value is -2.14. The van der Waals surface area contributed by atoms with Gasteiger partial charge in [-0.05, 0) is 12.5 Å². The molecule has 2 N–H and O–H groups in total. The molecule has 0 aliphatic carbocycles. The molecule has 0 saturated carbocycles. The van der Waals surface area contributed by atoms with E-state index in [1.165, 1.54) is 17.2 Å². The topological polar surface area (TPSA) is 75.4 Å². The van der Waals surface area contributed by atoms with Gasteiger partial charge in [0.1, 0.15) is 0 Å². The molecule has 0 amide bonds. The first-order valence-electron chi connectivity index (χ1n) is 5.60. The molecule has 2 rings (SSSR count). The van der Waals surface area contributed by atoms with Crippen molar-refractivity contribution in [1.82, 2.24) is 10.5 Å². The molecule has 0 unspecified atom stereocenters. The van der Waals surface area contributed by atoms with Gasteiger partial charge < -0.3 is 14.9 Å². The third-order valence-corrected chi connectivity index (χ3v) is 2.49. The lowest BCUT2D eigenvalue weighted by atomic mass is 10.1. The van der Waals surface area contributed by atoms with Crippen molar-refractivity contribution in [3.05, 3.63) is 52.9 Å². The number of aryl methyl sites for hydroxylation is 1. The van der Waals surface area contributed by atoms with E-state index >= 15 is 0 Å². The average molecular weight is 246 g/mol. The van der Waals surface area contributed by atoms with Crippen molar-refractivity contribution in [2.75, 3.05) is 0 Å². The van der Waals surface area contributed by atoms with Gasteiger partial charge in [0, 0.05) is 12.6 Å². The average Bonchev–Trinajstić information content (AvgIpc) is 2.78. The quantitative estimate of drug-likeness (QED) is 0.843. The van der Waals surface area contributed by atoms with Gasteiger partial charge in [-0.2, -0.15) is 0 Å². The zero-order chi connectivity index (χ0) is 13.0. The predicted octanol–water partition coefficient (Wildman–Crippen LogP) is 1.97. The van der Waals surface area contributed by atoms with Gasteiger partial charge >= 0.3 is 5.97 Å². The highest BCUT2D eigenvalue weighted by Gasteiger charge is 2.09. The summed E-state index contributed by atoms with van der Waals surface area (Å²) in [5, 5.41) is 15.3. The van der Waals surface area contributed by atoms with Crippen LogP contribution in [-0.2, 0) is 13.1 Å². The molecule has 0 spiro atoms. The number of benzene rings is 1. The SMILES string of the molecule is Cc1cccc(CNCc2cc(C(=O)O)no2)c1. The minimum atomic E-state index is -1.08. The van der Waals surface area contributed by atoms with E-state index in [2.05, 4.69) is 16.5 Å². The Morgan fingerprint density at radius 2 is 2.22 bits per heavy atom. The molecule has 0 radical (unpaired) electrons. The van der Waals surface area contributed by atoms with Gasteiger partial charge in [-0.3, -0.25) is 0 Å². The second-order valence-corrected chi connectivity index (χ2v) is 4.08. The van der Waals surface area contributed by atoms with Crippen LogP contribution in [0.1, 0.15) is 27.4 Å². The maximum atomic E-state index is 10.6. The molecule has 5 heteroatoms. The zero-order valence-corrected chi connectivity index (χ0v) is 10.0. The van der Waals surface area contributed by atoms with Crippen LogP contribution in [0.2, 0.25) is 0 Å². The minimum absolute atomic E-state index is 0.0673. The van der Waals surface area contributed by atoms with Crippen LogP contribution in [0.25, 0.3) is 0 Å².